The third-order valence-electron chi connectivity index (χ3n) is 5.60. The number of carbonyl (C=O) groups excluding carboxylic acids is 1. The maximum absolute atomic E-state index is 12.3. The number of nitrogens with zero attached hydrogens (tertiary/aromatic N) is 2. The van der Waals surface area contributed by atoms with Crippen molar-refractivity contribution in [2.45, 2.75) is 25.3 Å². The lowest BCUT2D eigenvalue weighted by Gasteiger charge is -2.37. The van der Waals surface area contributed by atoms with Gasteiger partial charge in [0.05, 0.1) is 0 Å². The molecule has 3 aliphatic rings. The van der Waals surface area contributed by atoms with Crippen LogP contribution in [0.5, 0.6) is 0 Å². The molecule has 1 saturated carbocycles. The fourth-order valence-corrected chi connectivity index (χ4v) is 3.86. The molecule has 114 valence electrons. The summed E-state index contributed by atoms with van der Waals surface area (Å²) in [7, 11) is 4.32. The topological polar surface area (TPSA) is 47.6 Å². The average molecular weight is 280 g/mol. The normalized spacial score (nSPS) is 34.1. The molecule has 20 heavy (non-hydrogen) atoms. The summed E-state index contributed by atoms with van der Waals surface area (Å²) in [5.74, 6) is 0.588. The van der Waals surface area contributed by atoms with E-state index in [1.54, 1.807) is 0 Å². The van der Waals surface area contributed by atoms with E-state index in [1.807, 2.05) is 0 Å². The molecule has 1 spiro atoms. The first-order chi connectivity index (χ1) is 9.61. The number of amides is 1. The molecule has 2 N–H and O–H groups in total. The van der Waals surface area contributed by atoms with Gasteiger partial charge >= 0.3 is 0 Å². The number of nitrogens with one attached hydrogen (secondary N) is 2. The van der Waals surface area contributed by atoms with Crippen LogP contribution in [-0.4, -0.2) is 75.1 Å². The van der Waals surface area contributed by atoms with E-state index in [1.165, 1.54) is 12.8 Å². The first kappa shape index (κ1) is 14.3. The minimum absolute atomic E-state index is 0.288. The molecule has 1 amide bonds. The first-order valence-electron chi connectivity index (χ1n) is 7.98. The van der Waals surface area contributed by atoms with Crippen molar-refractivity contribution >= 4 is 5.91 Å². The van der Waals surface area contributed by atoms with Crippen molar-refractivity contribution in [3.05, 3.63) is 0 Å². The Bertz CT molecular complexity index is 367. The highest BCUT2D eigenvalue weighted by Gasteiger charge is 2.57. The van der Waals surface area contributed by atoms with Crippen molar-refractivity contribution in [2.24, 2.45) is 11.3 Å². The van der Waals surface area contributed by atoms with Crippen LogP contribution in [0.3, 0.4) is 0 Å². The van der Waals surface area contributed by atoms with Gasteiger partial charge in [-0.25, -0.2) is 0 Å². The molecule has 0 aromatic rings. The van der Waals surface area contributed by atoms with Gasteiger partial charge in [0.15, 0.2) is 0 Å². The van der Waals surface area contributed by atoms with Gasteiger partial charge in [-0.2, -0.15) is 0 Å². The van der Waals surface area contributed by atoms with Crippen molar-refractivity contribution in [2.75, 3.05) is 53.4 Å². The molecule has 2 heterocycles. The average Bonchev–Trinajstić information content (AvgIpc) is 3.14. The van der Waals surface area contributed by atoms with Crippen molar-refractivity contribution in [1.82, 2.24) is 20.4 Å². The molecule has 2 saturated heterocycles. The predicted molar refractivity (Wildman–Crippen MR) is 79.6 cm³/mol. The number of likely N-dealkylation sites (N-methyl/N-ethyl adjacent to an activating group) is 2. The van der Waals surface area contributed by atoms with E-state index < -0.39 is 0 Å². The van der Waals surface area contributed by atoms with Crippen LogP contribution in [0, 0.1) is 11.3 Å². The molecule has 5 nitrogen and oxygen atoms in total. The lowest BCUT2D eigenvalue weighted by molar-refractivity contribution is -0.123. The van der Waals surface area contributed by atoms with Gasteiger partial charge in [0, 0.05) is 38.1 Å². The second-order valence-electron chi connectivity index (χ2n) is 7.01. The molecule has 0 radical (unpaired) electrons. The third-order valence-corrected chi connectivity index (χ3v) is 5.60. The van der Waals surface area contributed by atoms with Crippen molar-refractivity contribution < 1.29 is 4.79 Å². The quantitative estimate of drug-likeness (QED) is 0.748. The van der Waals surface area contributed by atoms with Gasteiger partial charge in [0.25, 0.3) is 0 Å². The van der Waals surface area contributed by atoms with Crippen LogP contribution < -0.4 is 10.6 Å². The number of carbonyl (C=O) groups is 1. The minimum Gasteiger partial charge on any atom is -0.354 e. The van der Waals surface area contributed by atoms with E-state index in [9.17, 15) is 4.79 Å². The maximum Gasteiger partial charge on any atom is 0.223 e. The fourth-order valence-electron chi connectivity index (χ4n) is 3.86. The summed E-state index contributed by atoms with van der Waals surface area (Å²) in [6.07, 6.45) is 3.47. The Balaban J connectivity index is 1.46. The van der Waals surface area contributed by atoms with Gasteiger partial charge in [-0.15, -0.1) is 0 Å². The molecule has 2 aliphatic heterocycles. The van der Waals surface area contributed by atoms with Crippen LogP contribution in [0.25, 0.3) is 0 Å². The minimum atomic E-state index is 0.288. The number of piperazine rings is 1. The summed E-state index contributed by atoms with van der Waals surface area (Å²) in [5, 5.41) is 6.60. The predicted octanol–water partition coefficient (Wildman–Crippen LogP) is -0.262. The van der Waals surface area contributed by atoms with Crippen molar-refractivity contribution in [3.63, 3.8) is 0 Å². The zero-order chi connectivity index (χ0) is 14.2. The molecular weight excluding hydrogens is 252 g/mol. The maximum atomic E-state index is 12.3. The molecule has 5 heteroatoms. The zero-order valence-electron chi connectivity index (χ0n) is 12.8. The summed E-state index contributed by atoms with van der Waals surface area (Å²) in [6.45, 7) is 6.23. The van der Waals surface area contributed by atoms with Crippen LogP contribution >= 0.6 is 0 Å². The molecule has 0 bridgehead atoms. The molecule has 0 aromatic carbocycles. The Labute approximate surface area is 122 Å². The van der Waals surface area contributed by atoms with E-state index >= 15 is 0 Å². The van der Waals surface area contributed by atoms with E-state index in [2.05, 4.69) is 34.5 Å². The van der Waals surface area contributed by atoms with Gasteiger partial charge in [0.1, 0.15) is 0 Å². The monoisotopic (exact) mass is 280 g/mol. The van der Waals surface area contributed by atoms with Gasteiger partial charge in [-0.3, -0.25) is 9.69 Å². The van der Waals surface area contributed by atoms with Gasteiger partial charge in [0.2, 0.25) is 5.91 Å². The Morgan fingerprint density at radius 1 is 1.30 bits per heavy atom. The van der Waals surface area contributed by atoms with Gasteiger partial charge < -0.3 is 15.5 Å². The standard InChI is InChI=1S/C15H28N4O/c1-18-7-8-19(2)12(11-18)10-17-14(20)13-9-15(13)3-5-16-6-4-15/h12-13,16H,3-11H2,1-2H3,(H,17,20). The number of hydrogen-bond acceptors (Lipinski definition) is 4. The molecule has 1 aliphatic carbocycles. The van der Waals surface area contributed by atoms with E-state index in [4.69, 9.17) is 0 Å². The largest absolute Gasteiger partial charge is 0.354 e. The summed E-state index contributed by atoms with van der Waals surface area (Å²) in [4.78, 5) is 17.1. The van der Waals surface area contributed by atoms with E-state index in [0.717, 1.165) is 45.7 Å². The summed E-state index contributed by atoms with van der Waals surface area (Å²) in [5.41, 5.74) is 0.352. The van der Waals surface area contributed by atoms with E-state index in [-0.39, 0.29) is 5.92 Å². The van der Waals surface area contributed by atoms with Crippen LogP contribution in [0.2, 0.25) is 0 Å². The summed E-state index contributed by atoms with van der Waals surface area (Å²) < 4.78 is 0. The van der Waals surface area contributed by atoms with Crippen molar-refractivity contribution in [1.29, 1.82) is 0 Å². The van der Waals surface area contributed by atoms with Crippen molar-refractivity contribution in [3.8, 4) is 0 Å². The Morgan fingerprint density at radius 2 is 2.05 bits per heavy atom. The number of rotatable bonds is 3. The zero-order valence-corrected chi connectivity index (χ0v) is 12.8. The smallest absolute Gasteiger partial charge is 0.223 e. The molecule has 3 rings (SSSR count). The van der Waals surface area contributed by atoms with Crippen LogP contribution in [0.1, 0.15) is 19.3 Å². The van der Waals surface area contributed by atoms with Gasteiger partial charge in [-0.1, -0.05) is 0 Å². The fraction of sp³-hybridized carbons (Fsp3) is 0.933. The number of hydrogen-bond donors (Lipinski definition) is 2. The summed E-state index contributed by atoms with van der Waals surface area (Å²) in [6, 6.07) is 0.459. The van der Waals surface area contributed by atoms with E-state index in [0.29, 0.717) is 17.4 Å². The highest BCUT2D eigenvalue weighted by molar-refractivity contribution is 5.82. The molecule has 0 aromatic heterocycles. The summed E-state index contributed by atoms with van der Waals surface area (Å²) >= 11 is 0. The highest BCUT2D eigenvalue weighted by atomic mass is 16.2. The Kier molecular flexibility index (Phi) is 4.02. The lowest BCUT2D eigenvalue weighted by atomic mass is 9.92. The second-order valence-corrected chi connectivity index (χ2v) is 7.01. The molecule has 2 atom stereocenters. The van der Waals surface area contributed by atoms with Crippen LogP contribution in [0.4, 0.5) is 0 Å². The molecule has 2 unspecified atom stereocenters. The second kappa shape index (κ2) is 5.62. The SMILES string of the molecule is CN1CCN(C)C(CNC(=O)C2CC23CCNCC3)C1. The van der Waals surface area contributed by atoms with Gasteiger partial charge in [-0.05, 0) is 51.9 Å². The Morgan fingerprint density at radius 3 is 2.80 bits per heavy atom. The van der Waals surface area contributed by atoms with Crippen LogP contribution in [-0.2, 0) is 4.79 Å². The first-order valence-corrected chi connectivity index (χ1v) is 7.98. The van der Waals surface area contributed by atoms with Crippen LogP contribution in [0.15, 0.2) is 0 Å². The molecule has 3 fully saturated rings. The molecular formula is C15H28N4O. The lowest BCUT2D eigenvalue weighted by Crippen LogP contribution is -2.54. The Hall–Kier alpha value is -0.650. The third kappa shape index (κ3) is 2.85. The number of piperidine rings is 1. The highest BCUT2D eigenvalue weighted by Crippen LogP contribution is 2.58.